The van der Waals surface area contributed by atoms with Gasteiger partial charge in [-0.05, 0) is 45.3 Å². The highest BCUT2D eigenvalue weighted by molar-refractivity contribution is 9.10. The van der Waals surface area contributed by atoms with Crippen molar-refractivity contribution in [3.63, 3.8) is 0 Å². The molecule has 0 radical (unpaired) electrons. The van der Waals surface area contributed by atoms with Crippen LogP contribution in [0, 0.1) is 11.5 Å². The third kappa shape index (κ3) is 3.71. The molecule has 0 saturated heterocycles. The Labute approximate surface area is 170 Å². The van der Waals surface area contributed by atoms with Crippen LogP contribution in [0.15, 0.2) is 77.3 Å². The van der Waals surface area contributed by atoms with E-state index < -0.39 is 8.07 Å². The van der Waals surface area contributed by atoms with Crippen LogP contribution in [0.1, 0.15) is 5.56 Å². The van der Waals surface area contributed by atoms with Crippen LogP contribution in [-0.4, -0.2) is 8.07 Å². The van der Waals surface area contributed by atoms with Crippen molar-refractivity contribution in [1.82, 2.24) is 0 Å². The molecule has 0 aromatic heterocycles. The molecule has 0 unspecified atom stereocenters. The van der Waals surface area contributed by atoms with E-state index in [-0.39, 0.29) is 0 Å². The fourth-order valence-electron chi connectivity index (χ4n) is 3.39. The molecule has 27 heavy (non-hydrogen) atoms. The molecule has 0 amide bonds. The van der Waals surface area contributed by atoms with Crippen molar-refractivity contribution in [2.24, 2.45) is 0 Å². The lowest BCUT2D eigenvalue weighted by Crippen LogP contribution is -2.16. The van der Waals surface area contributed by atoms with Gasteiger partial charge in [0.1, 0.15) is 8.07 Å². The fourth-order valence-corrected chi connectivity index (χ4v) is 4.28. The molecule has 0 atom stereocenters. The maximum absolute atomic E-state index is 3.60. The second-order valence-corrected chi connectivity index (χ2v) is 13.5. The van der Waals surface area contributed by atoms with Gasteiger partial charge in [0, 0.05) is 15.6 Å². The average Bonchev–Trinajstić information content (AvgIpc) is 2.64. The molecule has 0 nitrogen and oxygen atoms in total. The molecule has 0 aliphatic rings. The van der Waals surface area contributed by atoms with Gasteiger partial charge in [-0.25, -0.2) is 0 Å². The number of halogens is 1. The maximum Gasteiger partial charge on any atom is 0.129 e. The van der Waals surface area contributed by atoms with Crippen LogP contribution in [0.2, 0.25) is 19.6 Å². The first-order valence-corrected chi connectivity index (χ1v) is 13.5. The van der Waals surface area contributed by atoms with Crippen LogP contribution in [-0.2, 0) is 0 Å². The molecule has 0 aliphatic carbocycles. The third-order valence-electron chi connectivity index (χ3n) is 4.61. The average molecular weight is 429 g/mol. The molecular formula is C25H21BrSi. The summed E-state index contributed by atoms with van der Waals surface area (Å²) >= 11 is 3.60. The number of hydrogen-bond donors (Lipinski definition) is 0. The lowest BCUT2D eigenvalue weighted by molar-refractivity contribution is 1.64. The third-order valence-corrected chi connectivity index (χ3v) is 5.98. The molecule has 4 aromatic rings. The minimum absolute atomic E-state index is 1.10. The quantitative estimate of drug-likeness (QED) is 0.215. The van der Waals surface area contributed by atoms with E-state index in [1.807, 2.05) is 0 Å². The molecule has 0 heterocycles. The summed E-state index contributed by atoms with van der Waals surface area (Å²) in [7, 11) is -1.46. The predicted octanol–water partition coefficient (Wildman–Crippen LogP) is 7.65. The van der Waals surface area contributed by atoms with Gasteiger partial charge >= 0.3 is 0 Å². The lowest BCUT2D eigenvalue weighted by atomic mass is 9.90. The second kappa shape index (κ2) is 7.00. The van der Waals surface area contributed by atoms with Gasteiger partial charge in [0.05, 0.1) is 0 Å². The van der Waals surface area contributed by atoms with Crippen LogP contribution in [0.3, 0.4) is 0 Å². The summed E-state index contributed by atoms with van der Waals surface area (Å²) in [5.41, 5.74) is 7.16. The first-order chi connectivity index (χ1) is 12.9. The summed E-state index contributed by atoms with van der Waals surface area (Å²) < 4.78 is 1.10. The molecule has 0 spiro atoms. The zero-order valence-electron chi connectivity index (χ0n) is 15.8. The summed E-state index contributed by atoms with van der Waals surface area (Å²) in [6, 6.07) is 26.0. The normalized spacial score (nSPS) is 11.4. The number of rotatable bonds is 1. The minimum atomic E-state index is -1.46. The number of hydrogen-bond acceptors (Lipinski definition) is 0. The zero-order valence-corrected chi connectivity index (χ0v) is 18.4. The van der Waals surface area contributed by atoms with Crippen molar-refractivity contribution in [3.8, 4) is 22.6 Å². The van der Waals surface area contributed by atoms with Gasteiger partial charge in [-0.1, -0.05) is 96.1 Å². The molecule has 0 fully saturated rings. The Morgan fingerprint density at radius 1 is 0.741 bits per heavy atom. The Hall–Kier alpha value is -2.34. The van der Waals surface area contributed by atoms with E-state index in [1.165, 1.54) is 32.7 Å². The van der Waals surface area contributed by atoms with Crippen molar-refractivity contribution in [1.29, 1.82) is 0 Å². The summed E-state index contributed by atoms with van der Waals surface area (Å²) in [5, 5.41) is 5.00. The molecule has 0 N–H and O–H groups in total. The van der Waals surface area contributed by atoms with Crippen LogP contribution in [0.25, 0.3) is 32.7 Å². The first kappa shape index (κ1) is 18.0. The van der Waals surface area contributed by atoms with Gasteiger partial charge in [-0.15, -0.1) is 5.54 Å². The van der Waals surface area contributed by atoms with E-state index in [4.69, 9.17) is 0 Å². The van der Waals surface area contributed by atoms with E-state index in [1.54, 1.807) is 0 Å². The Balaban J connectivity index is 2.10. The molecule has 0 bridgehead atoms. The molecular weight excluding hydrogens is 408 g/mol. The van der Waals surface area contributed by atoms with Crippen LogP contribution in [0.4, 0.5) is 0 Å². The van der Waals surface area contributed by atoms with E-state index in [9.17, 15) is 0 Å². The van der Waals surface area contributed by atoms with Crippen molar-refractivity contribution in [2.75, 3.05) is 0 Å². The maximum atomic E-state index is 3.60. The smallest absolute Gasteiger partial charge is 0.127 e. The van der Waals surface area contributed by atoms with Gasteiger partial charge < -0.3 is 0 Å². The standard InChI is InChI=1S/C25H21BrSi/c1-27(2,3)16-15-19-12-11-18-7-4-5-9-23(18)25(19)24-10-6-8-20-17-21(26)13-14-22(20)24/h4-14,17H,1-3H3. The van der Waals surface area contributed by atoms with Crippen molar-refractivity contribution in [2.45, 2.75) is 19.6 Å². The molecule has 0 aliphatic heterocycles. The summed E-state index contributed by atoms with van der Waals surface area (Å²) in [6.45, 7) is 6.86. The van der Waals surface area contributed by atoms with E-state index in [2.05, 4.69) is 120 Å². The Kier molecular flexibility index (Phi) is 4.68. The Morgan fingerprint density at radius 3 is 2.33 bits per heavy atom. The predicted molar refractivity (Wildman–Crippen MR) is 125 cm³/mol. The summed E-state index contributed by atoms with van der Waals surface area (Å²) in [5.74, 6) is 3.52. The van der Waals surface area contributed by atoms with Gasteiger partial charge in [0.15, 0.2) is 0 Å². The molecule has 0 saturated carbocycles. The molecule has 132 valence electrons. The monoisotopic (exact) mass is 428 g/mol. The van der Waals surface area contributed by atoms with Gasteiger partial charge in [0.25, 0.3) is 0 Å². The summed E-state index contributed by atoms with van der Waals surface area (Å²) in [6.07, 6.45) is 0. The highest BCUT2D eigenvalue weighted by Gasteiger charge is 2.13. The fraction of sp³-hybridized carbons (Fsp3) is 0.120. The van der Waals surface area contributed by atoms with Gasteiger partial charge in [-0.2, -0.15) is 0 Å². The van der Waals surface area contributed by atoms with Gasteiger partial charge in [-0.3, -0.25) is 0 Å². The van der Waals surface area contributed by atoms with E-state index in [0.717, 1.165) is 10.0 Å². The molecule has 4 aromatic carbocycles. The minimum Gasteiger partial charge on any atom is -0.127 e. The highest BCUT2D eigenvalue weighted by atomic mass is 79.9. The Bertz CT molecular complexity index is 1220. The second-order valence-electron chi connectivity index (χ2n) is 7.88. The Morgan fingerprint density at radius 2 is 1.52 bits per heavy atom. The highest BCUT2D eigenvalue weighted by Crippen LogP contribution is 2.37. The molecule has 2 heteroatoms. The van der Waals surface area contributed by atoms with Crippen molar-refractivity contribution >= 4 is 45.5 Å². The SMILES string of the molecule is C[Si](C)(C)C#Cc1ccc2ccccc2c1-c1cccc2cc(Br)ccc12. The largest absolute Gasteiger partial charge is 0.129 e. The molecule has 4 rings (SSSR count). The van der Waals surface area contributed by atoms with Crippen molar-refractivity contribution in [3.05, 3.63) is 82.8 Å². The number of benzene rings is 4. The topological polar surface area (TPSA) is 0 Å². The van der Waals surface area contributed by atoms with Crippen LogP contribution < -0.4 is 0 Å². The van der Waals surface area contributed by atoms with E-state index >= 15 is 0 Å². The van der Waals surface area contributed by atoms with Crippen LogP contribution >= 0.6 is 15.9 Å². The lowest BCUT2D eigenvalue weighted by Gasteiger charge is -2.14. The first-order valence-electron chi connectivity index (χ1n) is 9.16. The number of fused-ring (bicyclic) bond motifs is 2. The van der Waals surface area contributed by atoms with Crippen LogP contribution in [0.5, 0.6) is 0 Å². The summed E-state index contributed by atoms with van der Waals surface area (Å²) in [4.78, 5) is 0. The van der Waals surface area contributed by atoms with E-state index in [0.29, 0.717) is 0 Å². The van der Waals surface area contributed by atoms with Gasteiger partial charge in [0.2, 0.25) is 0 Å². The van der Waals surface area contributed by atoms with Crippen molar-refractivity contribution < 1.29 is 0 Å². The zero-order chi connectivity index (χ0) is 19.0.